The fraction of sp³-hybridized carbons (Fsp3) is 0.611. The average molecular weight is 407 g/mol. The Bertz CT molecular complexity index is 785. The molecule has 1 aliphatic heterocycles. The maximum absolute atomic E-state index is 12.7. The first kappa shape index (κ1) is 20.1. The van der Waals surface area contributed by atoms with Crippen LogP contribution in [0.2, 0.25) is 5.15 Å². The number of piperidine rings is 1. The molecule has 1 saturated heterocycles. The Kier molecular flexibility index (Phi) is 6.52. The molecule has 0 radical (unpaired) electrons. The average Bonchev–Trinajstić information content (AvgIpc) is 3.39. The van der Waals surface area contributed by atoms with Crippen LogP contribution in [0.5, 0.6) is 0 Å². The van der Waals surface area contributed by atoms with E-state index < -0.39 is 23.9 Å². The van der Waals surface area contributed by atoms with Gasteiger partial charge in [0.25, 0.3) is 5.91 Å². The molecule has 1 aromatic rings. The molecular formula is C18H23ClN6O3. The number of nitrogens with zero attached hydrogens (tertiary/aromatic N) is 2. The van der Waals surface area contributed by atoms with Crippen molar-refractivity contribution in [2.45, 2.75) is 50.6 Å². The van der Waals surface area contributed by atoms with Crippen molar-refractivity contribution in [2.24, 2.45) is 11.8 Å². The lowest BCUT2D eigenvalue weighted by atomic mass is 9.92. The zero-order chi connectivity index (χ0) is 20.1. The Labute approximate surface area is 167 Å². The van der Waals surface area contributed by atoms with E-state index in [1.165, 1.54) is 6.20 Å². The van der Waals surface area contributed by atoms with E-state index in [9.17, 15) is 19.6 Å². The minimum absolute atomic E-state index is 0.0225. The van der Waals surface area contributed by atoms with Crippen molar-refractivity contribution in [3.63, 3.8) is 0 Å². The number of nitrogens with one attached hydrogen (secondary N) is 4. The fourth-order valence-corrected chi connectivity index (χ4v) is 3.46. The molecule has 1 saturated carbocycles. The maximum Gasteiger partial charge on any atom is 0.287 e. The number of rotatable bonds is 8. The molecule has 2 fully saturated rings. The summed E-state index contributed by atoms with van der Waals surface area (Å²) < 4.78 is 0. The van der Waals surface area contributed by atoms with Gasteiger partial charge in [0.15, 0.2) is 5.82 Å². The smallest absolute Gasteiger partial charge is 0.287 e. The first-order chi connectivity index (χ1) is 13.5. The number of imidazole rings is 1. The number of aromatic nitrogens is 2. The number of H-pyrrole nitrogens is 1. The lowest BCUT2D eigenvalue weighted by Crippen LogP contribution is -2.50. The van der Waals surface area contributed by atoms with Crippen LogP contribution in [-0.4, -0.2) is 46.3 Å². The second kappa shape index (κ2) is 9.06. The van der Waals surface area contributed by atoms with Crippen molar-refractivity contribution in [1.82, 2.24) is 25.9 Å². The minimum Gasteiger partial charge on any atom is -0.356 e. The summed E-state index contributed by atoms with van der Waals surface area (Å²) in [5.41, 5.74) is 0. The van der Waals surface area contributed by atoms with Gasteiger partial charge in [0, 0.05) is 12.5 Å². The van der Waals surface area contributed by atoms with Gasteiger partial charge in [-0.25, -0.2) is 4.98 Å². The van der Waals surface area contributed by atoms with Crippen molar-refractivity contribution < 1.29 is 14.4 Å². The highest BCUT2D eigenvalue weighted by atomic mass is 35.5. The van der Waals surface area contributed by atoms with Crippen LogP contribution in [0, 0.1) is 23.2 Å². The van der Waals surface area contributed by atoms with Gasteiger partial charge in [-0.2, -0.15) is 5.26 Å². The number of halogens is 1. The maximum atomic E-state index is 12.7. The van der Waals surface area contributed by atoms with E-state index >= 15 is 0 Å². The highest BCUT2D eigenvalue weighted by Crippen LogP contribution is 2.33. The van der Waals surface area contributed by atoms with Crippen LogP contribution in [0.3, 0.4) is 0 Å². The van der Waals surface area contributed by atoms with E-state index in [-0.39, 0.29) is 29.2 Å². The van der Waals surface area contributed by atoms with E-state index in [1.807, 2.05) is 0 Å². The molecule has 9 nitrogen and oxygen atoms in total. The number of carbonyl (C=O) groups excluding carboxylic acids is 3. The minimum atomic E-state index is -0.794. The third-order valence-electron chi connectivity index (χ3n) is 5.04. The largest absolute Gasteiger partial charge is 0.356 e. The molecule has 150 valence electrons. The number of aromatic amines is 1. The summed E-state index contributed by atoms with van der Waals surface area (Å²) >= 11 is 5.74. The fourth-order valence-electron chi connectivity index (χ4n) is 3.32. The van der Waals surface area contributed by atoms with Crippen LogP contribution >= 0.6 is 11.6 Å². The third-order valence-corrected chi connectivity index (χ3v) is 5.23. The summed E-state index contributed by atoms with van der Waals surface area (Å²) in [4.78, 5) is 43.4. The van der Waals surface area contributed by atoms with Crippen LogP contribution in [0.1, 0.15) is 49.1 Å². The van der Waals surface area contributed by atoms with Gasteiger partial charge < -0.3 is 20.9 Å². The van der Waals surface area contributed by atoms with Gasteiger partial charge in [-0.3, -0.25) is 14.4 Å². The molecule has 0 spiro atoms. The number of amides is 3. The van der Waals surface area contributed by atoms with E-state index in [1.54, 1.807) is 0 Å². The lowest BCUT2D eigenvalue weighted by molar-refractivity contribution is -0.128. The van der Waals surface area contributed by atoms with Crippen LogP contribution in [0.25, 0.3) is 0 Å². The quantitative estimate of drug-likeness (QED) is 0.507. The second-order valence-corrected chi connectivity index (χ2v) is 7.75. The second-order valence-electron chi connectivity index (χ2n) is 7.34. The van der Waals surface area contributed by atoms with Gasteiger partial charge in [-0.1, -0.05) is 24.4 Å². The number of carbonyl (C=O) groups is 3. The Balaban J connectivity index is 1.60. The first-order valence-electron chi connectivity index (χ1n) is 9.45. The molecule has 1 unspecified atom stereocenters. The number of hydrogen-bond donors (Lipinski definition) is 4. The van der Waals surface area contributed by atoms with Gasteiger partial charge in [0.05, 0.1) is 12.3 Å². The standard InChI is InChI=1S/C18H23ClN6O3/c19-14-9-22-15(25-14)18(28)24-13(6-10-3-4-10)17(27)23-12(8-20)7-11-2-1-5-21-16(11)26/h9-13H,1-7H2,(H,21,26)(H,22,25)(H,23,27)(H,24,28)/t11-,12-,13?/m0/s1. The van der Waals surface area contributed by atoms with Crippen molar-refractivity contribution in [1.29, 1.82) is 5.26 Å². The molecule has 4 N–H and O–H groups in total. The summed E-state index contributed by atoms with van der Waals surface area (Å²) in [6.07, 6.45) is 5.63. The van der Waals surface area contributed by atoms with Crippen LogP contribution in [0.15, 0.2) is 6.20 Å². The van der Waals surface area contributed by atoms with E-state index in [0.717, 1.165) is 19.3 Å². The summed E-state index contributed by atoms with van der Waals surface area (Å²) in [7, 11) is 0. The van der Waals surface area contributed by atoms with Gasteiger partial charge in [0.2, 0.25) is 11.8 Å². The Morgan fingerprint density at radius 1 is 1.32 bits per heavy atom. The molecule has 3 amide bonds. The van der Waals surface area contributed by atoms with Crippen molar-refractivity contribution in [3.05, 3.63) is 17.2 Å². The van der Waals surface area contributed by atoms with Crippen molar-refractivity contribution >= 4 is 29.3 Å². The Morgan fingerprint density at radius 3 is 2.71 bits per heavy atom. The van der Waals surface area contributed by atoms with Gasteiger partial charge in [-0.15, -0.1) is 0 Å². The molecule has 0 bridgehead atoms. The number of nitriles is 1. The van der Waals surface area contributed by atoms with Gasteiger partial charge in [0.1, 0.15) is 17.2 Å². The Morgan fingerprint density at radius 2 is 2.11 bits per heavy atom. The highest BCUT2D eigenvalue weighted by molar-refractivity contribution is 6.29. The van der Waals surface area contributed by atoms with Gasteiger partial charge in [-0.05, 0) is 31.6 Å². The third kappa shape index (κ3) is 5.45. The SMILES string of the molecule is N#C[C@H](C[C@@H]1CCCNC1=O)NC(=O)C(CC1CC1)NC(=O)c1ncc(Cl)[nH]1. The molecule has 3 rings (SSSR count). The first-order valence-corrected chi connectivity index (χ1v) is 9.83. The van der Waals surface area contributed by atoms with E-state index in [2.05, 4.69) is 32.0 Å². The molecule has 3 atom stereocenters. The predicted molar refractivity (Wildman–Crippen MR) is 100 cm³/mol. The summed E-state index contributed by atoms with van der Waals surface area (Å²) in [6, 6.07) is 0.481. The molecule has 1 aromatic heterocycles. The number of hydrogen-bond acceptors (Lipinski definition) is 5. The summed E-state index contributed by atoms with van der Waals surface area (Å²) in [5, 5.41) is 17.8. The topological polar surface area (TPSA) is 140 Å². The summed E-state index contributed by atoms with van der Waals surface area (Å²) in [6.45, 7) is 0.644. The van der Waals surface area contributed by atoms with Crippen LogP contribution in [0.4, 0.5) is 0 Å². The monoisotopic (exact) mass is 406 g/mol. The molecule has 10 heteroatoms. The molecule has 2 aliphatic rings. The Hall–Kier alpha value is -2.60. The highest BCUT2D eigenvalue weighted by Gasteiger charge is 2.33. The summed E-state index contributed by atoms with van der Waals surface area (Å²) in [5.74, 6) is -0.942. The van der Waals surface area contributed by atoms with Crippen LogP contribution < -0.4 is 16.0 Å². The van der Waals surface area contributed by atoms with Gasteiger partial charge >= 0.3 is 0 Å². The lowest BCUT2D eigenvalue weighted by Gasteiger charge is -2.25. The van der Waals surface area contributed by atoms with E-state index in [0.29, 0.717) is 25.3 Å². The predicted octanol–water partition coefficient (Wildman–Crippen LogP) is 0.886. The molecule has 1 aliphatic carbocycles. The zero-order valence-electron chi connectivity index (χ0n) is 15.3. The molecule has 2 heterocycles. The van der Waals surface area contributed by atoms with Crippen molar-refractivity contribution in [2.75, 3.05) is 6.54 Å². The zero-order valence-corrected chi connectivity index (χ0v) is 16.1. The molecular weight excluding hydrogens is 384 g/mol. The van der Waals surface area contributed by atoms with E-state index in [4.69, 9.17) is 11.6 Å². The van der Waals surface area contributed by atoms with Crippen molar-refractivity contribution in [3.8, 4) is 6.07 Å². The van der Waals surface area contributed by atoms with Crippen LogP contribution in [-0.2, 0) is 9.59 Å². The molecule has 28 heavy (non-hydrogen) atoms. The normalized spacial score (nSPS) is 21.1. The molecule has 0 aromatic carbocycles.